The zero-order valence-electron chi connectivity index (χ0n) is 13.6. The third kappa shape index (κ3) is 2.54. The summed E-state index contributed by atoms with van der Waals surface area (Å²) >= 11 is 6.43. The van der Waals surface area contributed by atoms with Crippen LogP contribution in [0.3, 0.4) is 0 Å². The second-order valence-electron chi connectivity index (χ2n) is 6.40. The maximum absolute atomic E-state index is 13.0. The van der Waals surface area contributed by atoms with Crippen molar-refractivity contribution in [3.8, 4) is 0 Å². The van der Waals surface area contributed by atoms with Crippen LogP contribution in [-0.2, 0) is 0 Å². The van der Waals surface area contributed by atoms with Crippen LogP contribution in [0.2, 0.25) is 5.02 Å². The molecule has 3 aromatic carbocycles. The molecule has 0 unspecified atom stereocenters. The molecule has 1 saturated heterocycles. The van der Waals surface area contributed by atoms with E-state index in [4.69, 9.17) is 11.6 Å². The van der Waals surface area contributed by atoms with Gasteiger partial charge in [-0.3, -0.25) is 4.79 Å². The summed E-state index contributed by atoms with van der Waals surface area (Å²) in [5.74, 6) is 0. The molecule has 3 nitrogen and oxygen atoms in total. The highest BCUT2D eigenvalue weighted by molar-refractivity contribution is 6.35. The molecule has 0 aliphatic carbocycles. The van der Waals surface area contributed by atoms with E-state index in [1.54, 1.807) is 0 Å². The molecule has 0 saturated carbocycles. The lowest BCUT2D eigenvalue weighted by atomic mass is 10.1. The Kier molecular flexibility index (Phi) is 3.91. The molecule has 1 aliphatic rings. The van der Waals surface area contributed by atoms with Crippen LogP contribution in [0, 0.1) is 0 Å². The Morgan fingerprint density at radius 1 is 0.833 bits per heavy atom. The smallest absolute Gasteiger partial charge is 0.194 e. The summed E-state index contributed by atoms with van der Waals surface area (Å²) < 4.78 is 0. The molecule has 24 heavy (non-hydrogen) atoms. The van der Waals surface area contributed by atoms with E-state index in [1.807, 2.05) is 42.5 Å². The Balaban J connectivity index is 2.09. The summed E-state index contributed by atoms with van der Waals surface area (Å²) in [6.45, 7) is 3.93. The van der Waals surface area contributed by atoms with Crippen LogP contribution in [0.15, 0.2) is 53.3 Å². The highest BCUT2D eigenvalue weighted by atomic mass is 35.5. The number of likely N-dealkylation sites (N-methyl/N-ethyl adjacent to an activating group) is 1. The van der Waals surface area contributed by atoms with Gasteiger partial charge in [0, 0.05) is 58.4 Å². The van der Waals surface area contributed by atoms with E-state index >= 15 is 0 Å². The lowest BCUT2D eigenvalue weighted by Crippen LogP contribution is -2.44. The highest BCUT2D eigenvalue weighted by Crippen LogP contribution is 2.31. The van der Waals surface area contributed by atoms with Crippen LogP contribution in [0.1, 0.15) is 0 Å². The van der Waals surface area contributed by atoms with Crippen molar-refractivity contribution in [2.24, 2.45) is 0 Å². The monoisotopic (exact) mass is 338 g/mol. The minimum Gasteiger partial charge on any atom is -0.368 e. The Labute approximate surface area is 146 Å². The first kappa shape index (κ1) is 15.4. The fourth-order valence-electron chi connectivity index (χ4n) is 3.45. The Bertz CT molecular complexity index is 978. The van der Waals surface area contributed by atoms with Gasteiger partial charge in [0.1, 0.15) is 0 Å². The van der Waals surface area contributed by atoms with E-state index in [9.17, 15) is 4.79 Å². The summed E-state index contributed by atoms with van der Waals surface area (Å²) in [6, 6.07) is 15.5. The molecule has 4 heteroatoms. The van der Waals surface area contributed by atoms with E-state index in [0.29, 0.717) is 10.4 Å². The lowest BCUT2D eigenvalue weighted by molar-refractivity contribution is 0.313. The molecule has 0 bridgehead atoms. The minimum atomic E-state index is 0.0449. The van der Waals surface area contributed by atoms with Crippen LogP contribution in [0.25, 0.3) is 21.5 Å². The predicted molar refractivity (Wildman–Crippen MR) is 102 cm³/mol. The van der Waals surface area contributed by atoms with Crippen LogP contribution in [0.4, 0.5) is 5.69 Å². The molecule has 1 heterocycles. The van der Waals surface area contributed by atoms with Gasteiger partial charge in [0.05, 0.1) is 0 Å². The molecule has 0 aromatic heterocycles. The molecule has 0 N–H and O–H groups in total. The Morgan fingerprint density at radius 3 is 2.21 bits per heavy atom. The standard InChI is InChI=1S/C20H19ClN2O/c1-22-9-11-23(12-10-22)19-13-17-16(7-4-8-18(17)21)20(24)15-6-3-2-5-14(15)19/h2-8,13H,9-12H2,1H3. The van der Waals surface area contributed by atoms with E-state index in [2.05, 4.69) is 22.9 Å². The molecule has 1 aliphatic heterocycles. The molecular weight excluding hydrogens is 320 g/mol. The van der Waals surface area contributed by atoms with Crippen molar-refractivity contribution >= 4 is 38.8 Å². The van der Waals surface area contributed by atoms with E-state index in [0.717, 1.165) is 48.0 Å². The number of fused-ring (bicyclic) bond motifs is 2. The van der Waals surface area contributed by atoms with Crippen LogP contribution in [-0.4, -0.2) is 38.1 Å². The minimum absolute atomic E-state index is 0.0449. The second kappa shape index (κ2) is 6.08. The molecule has 3 aromatic rings. The number of hydrogen-bond donors (Lipinski definition) is 0. The average molecular weight is 339 g/mol. The van der Waals surface area contributed by atoms with Crippen molar-refractivity contribution in [3.63, 3.8) is 0 Å². The fourth-order valence-corrected chi connectivity index (χ4v) is 3.68. The number of benzene rings is 2. The number of hydrogen-bond acceptors (Lipinski definition) is 3. The Morgan fingerprint density at radius 2 is 1.46 bits per heavy atom. The van der Waals surface area contributed by atoms with Gasteiger partial charge in [-0.1, -0.05) is 48.0 Å². The third-order valence-corrected chi connectivity index (χ3v) is 5.20. The van der Waals surface area contributed by atoms with Gasteiger partial charge in [0.25, 0.3) is 0 Å². The maximum Gasteiger partial charge on any atom is 0.194 e. The first-order valence-corrected chi connectivity index (χ1v) is 8.61. The summed E-state index contributed by atoms with van der Waals surface area (Å²) in [6.07, 6.45) is 0. The number of anilines is 1. The van der Waals surface area contributed by atoms with Gasteiger partial charge in [0.2, 0.25) is 0 Å². The average Bonchev–Trinajstić information content (AvgIpc) is 2.73. The summed E-state index contributed by atoms with van der Waals surface area (Å²) in [7, 11) is 2.14. The second-order valence-corrected chi connectivity index (χ2v) is 6.80. The summed E-state index contributed by atoms with van der Waals surface area (Å²) in [5.41, 5.74) is 1.14. The molecule has 4 rings (SSSR count). The SMILES string of the molecule is CN1CCN(c2cc3c(Cl)cccc3c(=O)c3ccccc23)CC1. The van der Waals surface area contributed by atoms with E-state index < -0.39 is 0 Å². The molecule has 122 valence electrons. The largest absolute Gasteiger partial charge is 0.368 e. The molecule has 0 amide bonds. The van der Waals surface area contributed by atoms with Gasteiger partial charge in [-0.25, -0.2) is 0 Å². The maximum atomic E-state index is 13.0. The van der Waals surface area contributed by atoms with Crippen molar-refractivity contribution in [2.75, 3.05) is 38.1 Å². The molecule has 0 radical (unpaired) electrons. The Hall–Kier alpha value is -2.10. The molecular formula is C20H19ClN2O. The first-order valence-electron chi connectivity index (χ1n) is 8.23. The van der Waals surface area contributed by atoms with Gasteiger partial charge < -0.3 is 9.80 Å². The van der Waals surface area contributed by atoms with Crippen molar-refractivity contribution in [3.05, 3.63) is 63.8 Å². The topological polar surface area (TPSA) is 23.6 Å². The normalized spacial score (nSPS) is 16.0. The van der Waals surface area contributed by atoms with Gasteiger partial charge in [0.15, 0.2) is 5.43 Å². The molecule has 0 atom stereocenters. The van der Waals surface area contributed by atoms with Gasteiger partial charge >= 0.3 is 0 Å². The number of piperazine rings is 1. The number of rotatable bonds is 1. The predicted octanol–water partition coefficient (Wildman–Crippen LogP) is 3.76. The molecule has 1 fully saturated rings. The fraction of sp³-hybridized carbons (Fsp3) is 0.250. The highest BCUT2D eigenvalue weighted by Gasteiger charge is 2.18. The van der Waals surface area contributed by atoms with E-state index in [1.165, 1.54) is 0 Å². The quantitative estimate of drug-likeness (QED) is 0.675. The van der Waals surface area contributed by atoms with E-state index in [-0.39, 0.29) is 5.43 Å². The zero-order chi connectivity index (χ0) is 16.7. The lowest BCUT2D eigenvalue weighted by Gasteiger charge is -2.34. The van der Waals surface area contributed by atoms with Gasteiger partial charge in [-0.2, -0.15) is 0 Å². The summed E-state index contributed by atoms with van der Waals surface area (Å²) in [4.78, 5) is 17.7. The van der Waals surface area contributed by atoms with Crippen LogP contribution in [0.5, 0.6) is 0 Å². The summed E-state index contributed by atoms with van der Waals surface area (Å²) in [5, 5.41) is 3.89. The van der Waals surface area contributed by atoms with Crippen LogP contribution >= 0.6 is 11.6 Å². The van der Waals surface area contributed by atoms with Gasteiger partial charge in [-0.05, 0) is 19.2 Å². The number of nitrogens with zero attached hydrogens (tertiary/aromatic N) is 2. The number of halogens is 1. The van der Waals surface area contributed by atoms with Crippen molar-refractivity contribution in [2.45, 2.75) is 0 Å². The third-order valence-electron chi connectivity index (χ3n) is 4.87. The van der Waals surface area contributed by atoms with Crippen molar-refractivity contribution in [1.29, 1.82) is 0 Å². The zero-order valence-corrected chi connectivity index (χ0v) is 14.4. The van der Waals surface area contributed by atoms with Crippen LogP contribution < -0.4 is 10.3 Å². The van der Waals surface area contributed by atoms with Crippen molar-refractivity contribution in [1.82, 2.24) is 4.90 Å². The van der Waals surface area contributed by atoms with Crippen molar-refractivity contribution < 1.29 is 0 Å². The first-order chi connectivity index (χ1) is 11.6. The molecule has 0 spiro atoms. The van der Waals surface area contributed by atoms with Gasteiger partial charge in [-0.15, -0.1) is 0 Å².